The molecule has 2 aromatic rings. The third-order valence-corrected chi connectivity index (χ3v) is 7.09. The highest BCUT2D eigenvalue weighted by molar-refractivity contribution is 9.11. The standard InChI is InChI=1S/C19H19Br2N3O3S2/c1-8-3-4-10-13(5-8)29-18(14(10)16(22)25)24-19(28)23-17(26)11-6-9(20)7-12(21)15(11)27-2/h6-8H,3-5H2,1-2H3,(H2,22,25)(H2,23,24,26,28). The van der Waals surface area contributed by atoms with Crippen LogP contribution in [0.4, 0.5) is 5.00 Å². The Hall–Kier alpha value is -1.49. The number of primary amides is 1. The Kier molecular flexibility index (Phi) is 6.98. The molecule has 0 saturated heterocycles. The minimum atomic E-state index is -0.494. The zero-order valence-electron chi connectivity index (χ0n) is 15.7. The van der Waals surface area contributed by atoms with Gasteiger partial charge in [0.2, 0.25) is 0 Å². The van der Waals surface area contributed by atoms with Crippen LogP contribution >= 0.6 is 55.4 Å². The molecule has 0 radical (unpaired) electrons. The van der Waals surface area contributed by atoms with Gasteiger partial charge < -0.3 is 15.8 Å². The monoisotopic (exact) mass is 559 g/mol. The zero-order chi connectivity index (χ0) is 21.3. The Morgan fingerprint density at radius 2 is 2.07 bits per heavy atom. The number of hydrogen-bond acceptors (Lipinski definition) is 5. The highest BCUT2D eigenvalue weighted by Gasteiger charge is 2.27. The smallest absolute Gasteiger partial charge is 0.261 e. The van der Waals surface area contributed by atoms with Crippen LogP contribution in [0.25, 0.3) is 0 Å². The summed E-state index contributed by atoms with van der Waals surface area (Å²) in [7, 11) is 1.48. The van der Waals surface area contributed by atoms with Gasteiger partial charge in [-0.2, -0.15) is 0 Å². The minimum absolute atomic E-state index is 0.0855. The van der Waals surface area contributed by atoms with Gasteiger partial charge in [-0.3, -0.25) is 14.9 Å². The van der Waals surface area contributed by atoms with E-state index in [1.807, 2.05) is 0 Å². The number of thiophene rings is 1. The maximum atomic E-state index is 12.7. The molecule has 4 N–H and O–H groups in total. The first kappa shape index (κ1) is 22.2. The van der Waals surface area contributed by atoms with Crippen LogP contribution in [0.15, 0.2) is 21.1 Å². The number of thiocarbonyl (C=S) groups is 1. The molecule has 1 atom stereocenters. The van der Waals surface area contributed by atoms with Crippen molar-refractivity contribution >= 4 is 77.3 Å². The van der Waals surface area contributed by atoms with Gasteiger partial charge in [-0.1, -0.05) is 22.9 Å². The molecule has 6 nitrogen and oxygen atoms in total. The number of carbonyl (C=O) groups excluding carboxylic acids is 2. The lowest BCUT2D eigenvalue weighted by molar-refractivity contribution is 0.0972. The molecule has 1 aliphatic carbocycles. The van der Waals surface area contributed by atoms with E-state index in [9.17, 15) is 9.59 Å². The molecule has 1 aliphatic rings. The van der Waals surface area contributed by atoms with Crippen LogP contribution in [-0.4, -0.2) is 24.0 Å². The van der Waals surface area contributed by atoms with Crippen LogP contribution in [0.2, 0.25) is 0 Å². The van der Waals surface area contributed by atoms with E-state index in [-0.39, 0.29) is 5.11 Å². The molecule has 1 heterocycles. The summed E-state index contributed by atoms with van der Waals surface area (Å²) in [6.07, 6.45) is 2.74. The number of halogens is 2. The largest absolute Gasteiger partial charge is 0.495 e. The molecule has 3 rings (SSSR count). The number of benzene rings is 1. The number of rotatable bonds is 4. The molecule has 29 heavy (non-hydrogen) atoms. The fourth-order valence-electron chi connectivity index (χ4n) is 3.34. The van der Waals surface area contributed by atoms with E-state index in [0.29, 0.717) is 36.7 Å². The number of amides is 2. The summed E-state index contributed by atoms with van der Waals surface area (Å²) in [5, 5.41) is 6.29. The summed E-state index contributed by atoms with van der Waals surface area (Å²) in [5.41, 5.74) is 7.40. The molecular weight excluding hydrogens is 542 g/mol. The fraction of sp³-hybridized carbons (Fsp3) is 0.316. The fourth-order valence-corrected chi connectivity index (χ4v) is 6.41. The van der Waals surface area contributed by atoms with Gasteiger partial charge in [-0.25, -0.2) is 0 Å². The predicted octanol–water partition coefficient (Wildman–Crippen LogP) is 4.63. The maximum absolute atomic E-state index is 12.7. The lowest BCUT2D eigenvalue weighted by atomic mass is 9.88. The number of nitrogens with two attached hydrogens (primary N) is 1. The van der Waals surface area contributed by atoms with Gasteiger partial charge >= 0.3 is 0 Å². The number of nitrogens with one attached hydrogen (secondary N) is 2. The molecule has 0 saturated carbocycles. The van der Waals surface area contributed by atoms with Crippen molar-refractivity contribution in [3.05, 3.63) is 42.6 Å². The van der Waals surface area contributed by atoms with E-state index in [2.05, 4.69) is 49.4 Å². The van der Waals surface area contributed by atoms with Crippen molar-refractivity contribution in [2.45, 2.75) is 26.2 Å². The Bertz CT molecular complexity index is 1010. The van der Waals surface area contributed by atoms with Crippen molar-refractivity contribution < 1.29 is 14.3 Å². The molecule has 0 aliphatic heterocycles. The Morgan fingerprint density at radius 1 is 1.34 bits per heavy atom. The first-order valence-corrected chi connectivity index (χ1v) is 11.6. The number of ether oxygens (including phenoxy) is 1. The number of methoxy groups -OCH3 is 1. The summed E-state index contributed by atoms with van der Waals surface area (Å²) < 4.78 is 6.66. The lowest BCUT2D eigenvalue weighted by Crippen LogP contribution is -2.34. The van der Waals surface area contributed by atoms with Gasteiger partial charge in [0.15, 0.2) is 5.11 Å². The minimum Gasteiger partial charge on any atom is -0.495 e. The van der Waals surface area contributed by atoms with Crippen LogP contribution in [-0.2, 0) is 12.8 Å². The third-order valence-electron chi connectivity index (χ3n) is 4.67. The average Bonchev–Trinajstić information content (AvgIpc) is 2.97. The number of hydrogen-bond donors (Lipinski definition) is 3. The second-order valence-corrected chi connectivity index (χ2v) is 10.1. The summed E-state index contributed by atoms with van der Waals surface area (Å²) in [4.78, 5) is 25.9. The SMILES string of the molecule is COc1c(Br)cc(Br)cc1C(=O)NC(=S)Nc1sc2c(c1C(N)=O)CCC(C)C2. The van der Waals surface area contributed by atoms with Crippen molar-refractivity contribution in [2.24, 2.45) is 11.7 Å². The molecule has 0 spiro atoms. The second kappa shape index (κ2) is 9.11. The first-order valence-electron chi connectivity index (χ1n) is 8.81. The van der Waals surface area contributed by atoms with Crippen LogP contribution in [0.5, 0.6) is 5.75 Å². The van der Waals surface area contributed by atoms with Crippen molar-refractivity contribution in [3.63, 3.8) is 0 Å². The van der Waals surface area contributed by atoms with Crippen LogP contribution in [0, 0.1) is 5.92 Å². The van der Waals surface area contributed by atoms with Gasteiger partial charge in [-0.15, -0.1) is 11.3 Å². The number of fused-ring (bicyclic) bond motifs is 1. The third kappa shape index (κ3) is 4.82. The van der Waals surface area contributed by atoms with Gasteiger partial charge in [0.05, 0.1) is 22.7 Å². The van der Waals surface area contributed by atoms with Gasteiger partial charge in [-0.05, 0) is 71.0 Å². The van der Waals surface area contributed by atoms with E-state index in [1.165, 1.54) is 18.4 Å². The summed E-state index contributed by atoms with van der Waals surface area (Å²) in [5.74, 6) is 0.0268. The Morgan fingerprint density at radius 3 is 2.72 bits per heavy atom. The van der Waals surface area contributed by atoms with Gasteiger partial charge in [0, 0.05) is 9.35 Å². The zero-order valence-corrected chi connectivity index (χ0v) is 20.5. The highest BCUT2D eigenvalue weighted by atomic mass is 79.9. The second-order valence-electron chi connectivity index (χ2n) is 6.80. The highest BCUT2D eigenvalue weighted by Crippen LogP contribution is 2.39. The summed E-state index contributed by atoms with van der Waals surface area (Å²) >= 11 is 13.5. The Balaban J connectivity index is 1.82. The first-order chi connectivity index (χ1) is 13.7. The van der Waals surface area contributed by atoms with Crippen molar-refractivity contribution in [2.75, 3.05) is 12.4 Å². The van der Waals surface area contributed by atoms with Gasteiger partial charge in [0.25, 0.3) is 11.8 Å². The van der Waals surface area contributed by atoms with Crippen LogP contribution < -0.4 is 21.1 Å². The predicted molar refractivity (Wildman–Crippen MR) is 126 cm³/mol. The number of carbonyl (C=O) groups is 2. The van der Waals surface area contributed by atoms with E-state index < -0.39 is 11.8 Å². The van der Waals surface area contributed by atoms with Crippen molar-refractivity contribution in [1.82, 2.24) is 5.32 Å². The van der Waals surface area contributed by atoms with Crippen molar-refractivity contribution in [1.29, 1.82) is 0 Å². The van der Waals surface area contributed by atoms with E-state index in [0.717, 1.165) is 29.7 Å². The molecule has 1 unspecified atom stereocenters. The summed E-state index contributed by atoms with van der Waals surface area (Å²) in [6, 6.07) is 3.42. The van der Waals surface area contributed by atoms with E-state index in [1.54, 1.807) is 12.1 Å². The average molecular weight is 561 g/mol. The molecule has 2 amide bonds. The lowest BCUT2D eigenvalue weighted by Gasteiger charge is -2.18. The van der Waals surface area contributed by atoms with Crippen LogP contribution in [0.1, 0.15) is 44.5 Å². The molecule has 0 fully saturated rings. The maximum Gasteiger partial charge on any atom is 0.261 e. The number of anilines is 1. The van der Waals surface area contributed by atoms with Crippen LogP contribution in [0.3, 0.4) is 0 Å². The van der Waals surface area contributed by atoms with E-state index >= 15 is 0 Å². The summed E-state index contributed by atoms with van der Waals surface area (Å²) in [6.45, 7) is 2.19. The molecule has 1 aromatic heterocycles. The molecule has 0 bridgehead atoms. The van der Waals surface area contributed by atoms with E-state index in [4.69, 9.17) is 22.7 Å². The van der Waals surface area contributed by atoms with Crippen molar-refractivity contribution in [3.8, 4) is 5.75 Å². The topological polar surface area (TPSA) is 93.4 Å². The molecule has 1 aromatic carbocycles. The molecular formula is C19H19Br2N3O3S2. The Labute approximate surface area is 194 Å². The molecule has 10 heteroatoms. The quantitative estimate of drug-likeness (QED) is 0.474. The van der Waals surface area contributed by atoms with Gasteiger partial charge in [0.1, 0.15) is 10.8 Å². The normalized spacial score (nSPS) is 15.4. The molecule has 154 valence electrons.